The van der Waals surface area contributed by atoms with E-state index in [1.165, 1.54) is 27.0 Å². The fourth-order valence-electron chi connectivity index (χ4n) is 7.29. The van der Waals surface area contributed by atoms with Gasteiger partial charge in [-0.25, -0.2) is 4.98 Å². The molecule has 0 saturated heterocycles. The van der Waals surface area contributed by atoms with Crippen LogP contribution in [-0.2, 0) is 0 Å². The maximum atomic E-state index is 6.83. The van der Waals surface area contributed by atoms with Gasteiger partial charge in [0.25, 0.3) is 0 Å². The third-order valence-electron chi connectivity index (χ3n) is 9.95. The molecule has 8 aromatic carbocycles. The molecule has 0 bridgehead atoms. The van der Waals surface area contributed by atoms with E-state index in [2.05, 4.69) is 187 Å². The summed E-state index contributed by atoms with van der Waals surface area (Å²) in [5.74, 6) is 0. The Morgan fingerprint density at radius 1 is 0.415 bits per heavy atom. The number of thiazole rings is 1. The summed E-state index contributed by atoms with van der Waals surface area (Å²) in [5.41, 5.74) is 13.8. The molecule has 0 aliphatic rings. The molecule has 0 spiro atoms. The van der Waals surface area contributed by atoms with Gasteiger partial charge in [0.05, 0.1) is 15.9 Å². The van der Waals surface area contributed by atoms with Crippen molar-refractivity contribution in [2.75, 3.05) is 4.90 Å². The molecule has 0 saturated carbocycles. The average Bonchev–Trinajstić information content (AvgIpc) is 3.85. The zero-order chi connectivity index (χ0) is 35.1. The number of nitrogens with zero attached hydrogens (tertiary/aromatic N) is 2. The van der Waals surface area contributed by atoms with E-state index in [1.807, 2.05) is 12.1 Å². The molecule has 0 amide bonds. The van der Waals surface area contributed by atoms with E-state index in [1.54, 1.807) is 11.3 Å². The van der Waals surface area contributed by atoms with Crippen molar-refractivity contribution in [2.24, 2.45) is 0 Å². The number of benzene rings is 8. The van der Waals surface area contributed by atoms with Crippen LogP contribution in [0.3, 0.4) is 0 Å². The van der Waals surface area contributed by atoms with Crippen LogP contribution in [0.1, 0.15) is 0 Å². The van der Waals surface area contributed by atoms with Gasteiger partial charge in [-0.05, 0) is 76.3 Å². The van der Waals surface area contributed by atoms with Crippen molar-refractivity contribution in [1.82, 2.24) is 4.98 Å². The van der Waals surface area contributed by atoms with E-state index < -0.39 is 0 Å². The van der Waals surface area contributed by atoms with Gasteiger partial charge < -0.3 is 9.32 Å². The van der Waals surface area contributed by atoms with Crippen molar-refractivity contribution in [3.63, 3.8) is 0 Å². The molecule has 53 heavy (non-hydrogen) atoms. The first-order valence-electron chi connectivity index (χ1n) is 17.8. The van der Waals surface area contributed by atoms with Crippen molar-refractivity contribution in [1.29, 1.82) is 0 Å². The predicted octanol–water partition coefficient (Wildman–Crippen LogP) is 14.3. The van der Waals surface area contributed by atoms with Crippen molar-refractivity contribution in [2.45, 2.75) is 0 Å². The summed E-state index contributed by atoms with van der Waals surface area (Å²) in [6.07, 6.45) is 0. The zero-order valence-corrected chi connectivity index (χ0v) is 29.5. The standard InChI is InChI=1S/C49H32N2OS/c1-3-11-33(12-4-1)35-23-27-39(28-24-35)51(40-29-25-36(26-30-40)34-13-5-2-6-14-34)47-41(31-32-43-42-15-7-9-17-45(42)52-48(43)47)37-19-21-38(22-20-37)49-50-44-16-8-10-18-46(44)53-49/h1-32H. The number of anilines is 3. The number of para-hydroxylation sites is 2. The molecule has 3 nitrogen and oxygen atoms in total. The quantitative estimate of drug-likeness (QED) is 0.166. The van der Waals surface area contributed by atoms with Crippen molar-refractivity contribution < 1.29 is 4.42 Å². The number of aromatic nitrogens is 1. The molecular formula is C49H32N2OS. The Labute approximate surface area is 311 Å². The lowest BCUT2D eigenvalue weighted by molar-refractivity contribution is 0.669. The zero-order valence-electron chi connectivity index (χ0n) is 28.7. The summed E-state index contributed by atoms with van der Waals surface area (Å²) < 4.78 is 8.02. The molecule has 0 unspecified atom stereocenters. The third-order valence-corrected chi connectivity index (χ3v) is 11.0. The number of hydrogen-bond donors (Lipinski definition) is 0. The van der Waals surface area contributed by atoms with Gasteiger partial charge in [-0.2, -0.15) is 0 Å². The van der Waals surface area contributed by atoms with Gasteiger partial charge in [0.1, 0.15) is 10.6 Å². The summed E-state index contributed by atoms with van der Waals surface area (Å²) in [5, 5.41) is 3.20. The second-order valence-corrected chi connectivity index (χ2v) is 14.2. The molecule has 0 aliphatic carbocycles. The largest absolute Gasteiger partial charge is 0.454 e. The maximum absolute atomic E-state index is 6.83. The molecule has 2 heterocycles. The van der Waals surface area contributed by atoms with E-state index in [0.29, 0.717) is 0 Å². The molecule has 0 aliphatic heterocycles. The highest BCUT2D eigenvalue weighted by Gasteiger charge is 2.24. The molecule has 10 aromatic rings. The normalized spacial score (nSPS) is 11.4. The van der Waals surface area contributed by atoms with Gasteiger partial charge >= 0.3 is 0 Å². The van der Waals surface area contributed by atoms with Gasteiger partial charge in [0, 0.05) is 33.3 Å². The van der Waals surface area contributed by atoms with Crippen LogP contribution in [0.4, 0.5) is 17.1 Å². The first-order chi connectivity index (χ1) is 26.3. The fraction of sp³-hybridized carbons (Fsp3) is 0. The molecule has 10 rings (SSSR count). The second kappa shape index (κ2) is 13.1. The summed E-state index contributed by atoms with van der Waals surface area (Å²) in [6.45, 7) is 0. The highest BCUT2D eigenvalue weighted by Crippen LogP contribution is 2.48. The van der Waals surface area contributed by atoms with Gasteiger partial charge in [-0.15, -0.1) is 11.3 Å². The first-order valence-corrected chi connectivity index (χ1v) is 18.6. The Hall–Kier alpha value is -6.75. The van der Waals surface area contributed by atoms with Gasteiger partial charge in [0.15, 0.2) is 5.58 Å². The minimum atomic E-state index is 0.846. The SMILES string of the molecule is c1ccc(-c2ccc(N(c3ccc(-c4ccccc4)cc3)c3c(-c4ccc(-c5nc6ccccc6s5)cc4)ccc4c3oc3ccccc34)cc2)cc1. The summed E-state index contributed by atoms with van der Waals surface area (Å²) in [7, 11) is 0. The minimum Gasteiger partial charge on any atom is -0.454 e. The topological polar surface area (TPSA) is 29.3 Å². The van der Waals surface area contributed by atoms with Crippen LogP contribution in [0.5, 0.6) is 0 Å². The minimum absolute atomic E-state index is 0.846. The molecule has 0 N–H and O–H groups in total. The van der Waals surface area contributed by atoms with Crippen molar-refractivity contribution in [3.05, 3.63) is 194 Å². The van der Waals surface area contributed by atoms with E-state index in [-0.39, 0.29) is 0 Å². The number of hydrogen-bond acceptors (Lipinski definition) is 4. The van der Waals surface area contributed by atoms with Crippen LogP contribution in [0.2, 0.25) is 0 Å². The molecule has 250 valence electrons. The molecule has 0 radical (unpaired) electrons. The Morgan fingerprint density at radius 2 is 0.943 bits per heavy atom. The summed E-state index contributed by atoms with van der Waals surface area (Å²) in [6, 6.07) is 68.6. The molecule has 4 heteroatoms. The summed E-state index contributed by atoms with van der Waals surface area (Å²) in [4.78, 5) is 7.28. The van der Waals surface area contributed by atoms with Gasteiger partial charge in [-0.3, -0.25) is 0 Å². The number of furan rings is 1. The van der Waals surface area contributed by atoms with Crippen molar-refractivity contribution in [3.8, 4) is 44.0 Å². The Kier molecular flexibility index (Phi) is 7.67. The highest BCUT2D eigenvalue weighted by molar-refractivity contribution is 7.21. The lowest BCUT2D eigenvalue weighted by Crippen LogP contribution is -2.11. The Balaban J connectivity index is 1.17. The van der Waals surface area contributed by atoms with Crippen LogP contribution in [0.15, 0.2) is 199 Å². The molecule has 2 aromatic heterocycles. The van der Waals surface area contributed by atoms with Crippen LogP contribution < -0.4 is 4.90 Å². The Bertz CT molecular complexity index is 2740. The van der Waals surface area contributed by atoms with Crippen LogP contribution in [0.25, 0.3) is 76.1 Å². The predicted molar refractivity (Wildman–Crippen MR) is 223 cm³/mol. The van der Waals surface area contributed by atoms with E-state index in [4.69, 9.17) is 9.40 Å². The van der Waals surface area contributed by atoms with Gasteiger partial charge in [-0.1, -0.05) is 146 Å². The Morgan fingerprint density at radius 3 is 1.58 bits per heavy atom. The fourth-order valence-corrected chi connectivity index (χ4v) is 8.26. The van der Waals surface area contributed by atoms with E-state index >= 15 is 0 Å². The number of rotatable bonds is 7. The number of fused-ring (bicyclic) bond motifs is 4. The van der Waals surface area contributed by atoms with Crippen LogP contribution in [-0.4, -0.2) is 4.98 Å². The lowest BCUT2D eigenvalue weighted by Gasteiger charge is -2.28. The van der Waals surface area contributed by atoms with Gasteiger partial charge in [0.2, 0.25) is 0 Å². The third kappa shape index (κ3) is 5.66. The average molecular weight is 697 g/mol. The van der Waals surface area contributed by atoms with Crippen LogP contribution >= 0.6 is 11.3 Å². The van der Waals surface area contributed by atoms with Crippen molar-refractivity contribution >= 4 is 60.6 Å². The maximum Gasteiger partial charge on any atom is 0.160 e. The highest BCUT2D eigenvalue weighted by atomic mass is 32.1. The monoisotopic (exact) mass is 696 g/mol. The van der Waals surface area contributed by atoms with E-state index in [0.717, 1.165) is 66.2 Å². The lowest BCUT2D eigenvalue weighted by atomic mass is 9.97. The molecule has 0 fully saturated rings. The smallest absolute Gasteiger partial charge is 0.160 e. The first kappa shape index (κ1) is 31.0. The van der Waals surface area contributed by atoms with E-state index in [9.17, 15) is 0 Å². The van der Waals surface area contributed by atoms with Crippen LogP contribution in [0, 0.1) is 0 Å². The second-order valence-electron chi connectivity index (χ2n) is 13.2. The molecular weight excluding hydrogens is 665 g/mol. The summed E-state index contributed by atoms with van der Waals surface area (Å²) >= 11 is 1.72. The molecule has 0 atom stereocenters.